The Kier molecular flexibility index (Phi) is 13.0. The molecule has 0 atom stereocenters. The predicted molar refractivity (Wildman–Crippen MR) is 501 cm³/mol. The third kappa shape index (κ3) is 11.3. The van der Waals surface area contributed by atoms with E-state index < -0.39 is 90.7 Å². The quantitative estimate of drug-likeness (QED) is 0.142. The molecule has 0 bridgehead atoms. The van der Waals surface area contributed by atoms with Gasteiger partial charge in [0, 0.05) is 88.3 Å². The molecule has 0 saturated carbocycles. The lowest BCUT2D eigenvalue weighted by molar-refractivity contribution is 0.590. The van der Waals surface area contributed by atoms with E-state index in [2.05, 4.69) is 287 Å². The van der Waals surface area contributed by atoms with Gasteiger partial charge in [-0.15, -0.1) is 0 Å². The van der Waals surface area contributed by atoms with Gasteiger partial charge < -0.3 is 27.9 Å². The third-order valence-electron chi connectivity index (χ3n) is 24.7. The van der Waals surface area contributed by atoms with E-state index in [1.807, 2.05) is 66.7 Å². The van der Waals surface area contributed by atoms with Crippen LogP contribution in [0.4, 0.5) is 34.1 Å². The number of fused-ring (bicyclic) bond motifs is 16. The third-order valence-corrected chi connectivity index (χ3v) is 24.7. The van der Waals surface area contributed by atoms with Crippen LogP contribution in [0.5, 0.6) is 0 Å². The van der Waals surface area contributed by atoms with Crippen molar-refractivity contribution in [3.8, 4) is 50.4 Å². The van der Waals surface area contributed by atoms with E-state index in [1.54, 1.807) is 4.57 Å². The fourth-order valence-electron chi connectivity index (χ4n) is 18.5. The van der Waals surface area contributed by atoms with Crippen LogP contribution in [-0.2, 0) is 27.1 Å². The molecule has 0 N–H and O–H groups in total. The minimum absolute atomic E-state index is 0.0553. The topological polar surface area (TPSA) is 34.4 Å². The molecule has 19 aromatic rings. The van der Waals surface area contributed by atoms with E-state index in [-0.39, 0.29) is 54.6 Å². The van der Waals surface area contributed by atoms with Crippen LogP contribution in [0.3, 0.4) is 0 Å². The Bertz CT molecular complexity index is 7880. The van der Waals surface area contributed by atoms with Crippen molar-refractivity contribution < 1.29 is 22.2 Å². The number of hydrogen-bond donors (Lipinski definition) is 0. The highest BCUT2D eigenvalue weighted by molar-refractivity contribution is 7.00. The van der Waals surface area contributed by atoms with Gasteiger partial charge in [0.15, 0.2) is 11.2 Å². The second-order valence-electron chi connectivity index (χ2n) is 37.2. The van der Waals surface area contributed by atoms with E-state index in [1.165, 1.54) is 22.3 Å². The summed E-state index contributed by atoms with van der Waals surface area (Å²) in [6.07, 6.45) is 0. The molecule has 0 radical (unpaired) electrons. The number of aromatic nitrogens is 3. The molecule has 0 fully saturated rings. The lowest BCUT2D eigenvalue weighted by Crippen LogP contribution is -2.61. The van der Waals surface area contributed by atoms with E-state index in [0.29, 0.717) is 51.0 Å². The number of nitrogens with zero attached hydrogens (tertiary/aromatic N) is 5. The van der Waals surface area contributed by atoms with Crippen LogP contribution in [0.2, 0.25) is 0 Å². The molecule has 570 valence electrons. The van der Waals surface area contributed by atoms with Gasteiger partial charge in [0.25, 0.3) is 6.71 Å². The average Bonchev–Trinajstić information content (AvgIpc) is 0.983. The maximum atomic E-state index is 10.2. The molecule has 4 aromatic heterocycles. The van der Waals surface area contributed by atoms with E-state index in [4.69, 9.17) is 7.16 Å². The Balaban J connectivity index is 0.949. The Labute approximate surface area is 704 Å². The maximum absolute atomic E-state index is 10.2. The smallest absolute Gasteiger partial charge is 0.252 e. The zero-order valence-corrected chi connectivity index (χ0v) is 68.7. The highest BCUT2D eigenvalue weighted by atomic mass is 16.3. The molecule has 2 aliphatic rings. The first-order valence-electron chi connectivity index (χ1n) is 47.2. The van der Waals surface area contributed by atoms with Crippen LogP contribution >= 0.6 is 0 Å². The summed E-state index contributed by atoms with van der Waals surface area (Å²) in [6.45, 7) is 32.8. The second-order valence-corrected chi connectivity index (χ2v) is 37.2. The standard InChI is InChI=1S/C110H96BN5O/c1-106(2,3)71-45-53-92-84(59-71)85-60-72(107(4,5)6)46-54-93(85)113(92)76-49-51-88-98(65-76)115(97-44-30-40-81-80-39-29-43-96(104(80)117-105(81)97)114-94-55-47-73(108(7,8)9)61-86(94)87-62-74(109(10,11)12)48-56-95(87)114)100-57-70(67-31-19-16-20-32-67)58-101-102(100)111(88)89-52-50-77(112-90-41-27-25-37-78(90)79-38-26-28-42-91(79)112)66-99(89)116(101)103-82(68-33-21-17-22-34-68)63-75(110(13,14)15)64-83(103)69-35-23-18-24-36-69/h16-66H,1-15H3/i16D,19D,20D,25D,26D,27D,28D,31D,32D,37D,38D,41D,42D. The molecule has 0 spiro atoms. The van der Waals surface area contributed by atoms with Crippen LogP contribution in [0.1, 0.15) is 149 Å². The lowest BCUT2D eigenvalue weighted by atomic mass is 9.33. The monoisotopic (exact) mass is 1530 g/mol. The first kappa shape index (κ1) is 58.9. The molecule has 0 aliphatic carbocycles. The van der Waals surface area contributed by atoms with Gasteiger partial charge in [-0.25, -0.2) is 0 Å². The minimum Gasteiger partial charge on any atom is -0.452 e. The van der Waals surface area contributed by atoms with Crippen LogP contribution in [0, 0.1) is 0 Å². The van der Waals surface area contributed by atoms with Crippen molar-refractivity contribution in [2.24, 2.45) is 0 Å². The molecule has 0 saturated heterocycles. The summed E-state index contributed by atoms with van der Waals surface area (Å²) in [6, 6.07) is 74.9. The van der Waals surface area contributed by atoms with E-state index in [9.17, 15) is 15.1 Å². The molecule has 21 rings (SSSR count). The summed E-state index contributed by atoms with van der Waals surface area (Å²) in [7, 11) is 0. The number of para-hydroxylation sites is 4. The van der Waals surface area contributed by atoms with Gasteiger partial charge in [0.05, 0.1) is 68.0 Å². The van der Waals surface area contributed by atoms with Crippen molar-refractivity contribution >= 4 is 145 Å². The molecule has 117 heavy (non-hydrogen) atoms. The van der Waals surface area contributed by atoms with Gasteiger partial charge in [-0.1, -0.05) is 292 Å². The van der Waals surface area contributed by atoms with Crippen molar-refractivity contribution in [1.82, 2.24) is 13.7 Å². The second kappa shape index (κ2) is 25.8. The first-order chi connectivity index (χ1) is 61.6. The highest BCUT2D eigenvalue weighted by Crippen LogP contribution is 2.55. The summed E-state index contributed by atoms with van der Waals surface area (Å²) >= 11 is 0. The first-order valence-corrected chi connectivity index (χ1v) is 40.7. The Morgan fingerprint density at radius 2 is 0.658 bits per heavy atom. The van der Waals surface area contributed by atoms with Crippen LogP contribution in [0.25, 0.3) is 138 Å². The molecule has 15 aromatic carbocycles. The maximum Gasteiger partial charge on any atom is 0.252 e. The summed E-state index contributed by atoms with van der Waals surface area (Å²) in [5.41, 5.74) is 21.2. The fraction of sp³-hybridized carbons (Fsp3) is 0.182. The van der Waals surface area contributed by atoms with Gasteiger partial charge in [-0.05, 0) is 215 Å². The molecule has 6 heterocycles. The van der Waals surface area contributed by atoms with Crippen molar-refractivity contribution in [2.45, 2.75) is 131 Å². The Morgan fingerprint density at radius 1 is 0.265 bits per heavy atom. The number of benzene rings is 15. The Morgan fingerprint density at radius 3 is 1.11 bits per heavy atom. The molecule has 0 amide bonds. The number of hydrogen-bond acceptors (Lipinski definition) is 3. The summed E-state index contributed by atoms with van der Waals surface area (Å²) in [4.78, 5) is 4.50. The zero-order chi connectivity index (χ0) is 91.6. The Hall–Kier alpha value is -12.8. The van der Waals surface area contributed by atoms with E-state index in [0.717, 1.165) is 110 Å². The van der Waals surface area contributed by atoms with Gasteiger partial charge >= 0.3 is 0 Å². The number of anilines is 6. The van der Waals surface area contributed by atoms with Crippen molar-refractivity contribution in [1.29, 1.82) is 0 Å². The van der Waals surface area contributed by atoms with Gasteiger partial charge in [0.1, 0.15) is 0 Å². The molecule has 0 unspecified atom stereocenters. The lowest BCUT2D eigenvalue weighted by Gasteiger charge is -2.45. The summed E-state index contributed by atoms with van der Waals surface area (Å²) in [5.74, 6) is 0. The van der Waals surface area contributed by atoms with E-state index >= 15 is 0 Å². The van der Waals surface area contributed by atoms with Crippen molar-refractivity contribution in [3.05, 3.63) is 337 Å². The summed E-state index contributed by atoms with van der Waals surface area (Å²) < 4.78 is 139. The predicted octanol–water partition coefficient (Wildman–Crippen LogP) is 28.4. The minimum atomic E-state index is -0.766. The van der Waals surface area contributed by atoms with Crippen LogP contribution in [0.15, 0.2) is 313 Å². The molecular weight excluding hydrogens is 1420 g/mol. The van der Waals surface area contributed by atoms with Crippen molar-refractivity contribution in [3.63, 3.8) is 0 Å². The molecule has 7 heteroatoms. The normalized spacial score (nSPS) is 14.9. The fourth-order valence-corrected chi connectivity index (χ4v) is 18.5. The largest absolute Gasteiger partial charge is 0.452 e. The van der Waals surface area contributed by atoms with Crippen LogP contribution < -0.4 is 26.2 Å². The molecule has 2 aliphatic heterocycles. The van der Waals surface area contributed by atoms with Gasteiger partial charge in [0.2, 0.25) is 0 Å². The van der Waals surface area contributed by atoms with Gasteiger partial charge in [-0.3, -0.25) is 0 Å². The highest BCUT2D eigenvalue weighted by Gasteiger charge is 2.46. The molecule has 6 nitrogen and oxygen atoms in total. The summed E-state index contributed by atoms with van der Waals surface area (Å²) in [5, 5.41) is 5.95. The zero-order valence-electron chi connectivity index (χ0n) is 81.7. The SMILES string of the molecule is [2H]c1c([2H])c([2H])c(-c2cc3c4c(c2)N(c2cccc5c2oc2c(-n6c7ccc(C(C)(C)C)cc7c7cc(C(C)(C)C)ccc76)cccc25)c2cc(-n5c6ccc(C(C)(C)C)cc6c6cc(C(C)(C)C)ccc65)ccc2B4c2ccc(-n4c5c([2H])c([2H])c([2H])c([2H])c5c5c([2H])c([2H])c([2H])c([2H])c54)cc2N3c2c(-c3ccccc3)cc(C(C)(C)C)cc2-c2ccccc2)c([2H])c1[2H]. The average molecular weight is 1530 g/mol. The van der Waals surface area contributed by atoms with Crippen molar-refractivity contribution in [2.75, 3.05) is 9.80 Å². The number of furan rings is 1. The molecular formula is C110H96BN5O. The van der Waals surface area contributed by atoms with Gasteiger partial charge in [-0.2, -0.15) is 0 Å². The number of rotatable bonds is 8. The van der Waals surface area contributed by atoms with Crippen LogP contribution in [-0.4, -0.2) is 20.4 Å².